The van der Waals surface area contributed by atoms with Crippen LogP contribution in [0.3, 0.4) is 0 Å². The van der Waals surface area contributed by atoms with Gasteiger partial charge in [-0.2, -0.15) is 0 Å². The van der Waals surface area contributed by atoms with E-state index >= 15 is 13.2 Å². The van der Waals surface area contributed by atoms with Crippen LogP contribution in [0.25, 0.3) is 143 Å². The lowest BCUT2D eigenvalue weighted by atomic mass is 10.00. The number of amides is 2. The number of nitrogens with one attached hydrogen (secondary N) is 7. The summed E-state index contributed by atoms with van der Waals surface area (Å²) in [5.41, 5.74) is 8.71. The Hall–Kier alpha value is -17.7. The Kier molecular flexibility index (Phi) is 24.1. The summed E-state index contributed by atoms with van der Waals surface area (Å²) in [4.78, 5) is 147. The molecule has 8 aromatic carbocycles. The van der Waals surface area contributed by atoms with E-state index in [-0.39, 0.29) is 183 Å². The molecule has 0 saturated heterocycles. The molecule has 13 aromatic heterocycles. The number of ether oxygens (including phenoxy) is 2. The number of aromatic amines is 6. The van der Waals surface area contributed by atoms with Crippen molar-refractivity contribution in [3.05, 3.63) is 372 Å². The van der Waals surface area contributed by atoms with Gasteiger partial charge < -0.3 is 86.8 Å². The zero-order chi connectivity index (χ0) is 99.2. The SMILES string of the molecule is CCOC(=O)c1c(-c2ccc[nH]c2=O)c2c3occc3c(F)cc2n1Cc1cc(C(N)=O)ccc1F.Cc1cc2ccc3c(c(-c4ccc[nH]c4=O)c(C(=O)NS(C)(=O)=O)n3Cc3ccccc3F)c2o1.O=C(O)c1c(-c2ccc[nH]c2=O)c2c3c(c(F)cc2n1Cc1cc2ccccc2nc1Cl)CCO3.O=C(O)c1c(-c2ccc[nH]c2=O)c2c3occc3c(F)cc2n1Cc1cc2[nH]c(=O)[nH]c2cc1Cl. The average molecular weight is 1970 g/mol. The van der Waals surface area contributed by atoms with Crippen LogP contribution in [0, 0.1) is 36.0 Å². The highest BCUT2D eigenvalue weighted by Crippen LogP contribution is 2.48. The number of primary amides is 1. The second-order valence-corrected chi connectivity index (χ2v) is 35.1. The number of rotatable bonds is 19. The number of H-pyrrole nitrogens is 6. The quantitative estimate of drug-likeness (QED) is 0.0204. The van der Waals surface area contributed by atoms with Gasteiger partial charge in [0.25, 0.3) is 28.1 Å². The van der Waals surface area contributed by atoms with E-state index in [4.69, 9.17) is 51.7 Å². The van der Waals surface area contributed by atoms with E-state index in [2.05, 4.69) is 34.9 Å². The van der Waals surface area contributed by atoms with E-state index in [0.717, 1.165) is 23.1 Å². The van der Waals surface area contributed by atoms with Gasteiger partial charge in [0, 0.05) is 104 Å². The van der Waals surface area contributed by atoms with Crippen LogP contribution in [0.4, 0.5) is 22.0 Å². The summed E-state index contributed by atoms with van der Waals surface area (Å²) in [6, 6.07) is 46.4. The second kappa shape index (κ2) is 36.8. The number of furan rings is 3. The van der Waals surface area contributed by atoms with Crippen molar-refractivity contribution in [2.24, 2.45) is 5.73 Å². The van der Waals surface area contributed by atoms with Gasteiger partial charge >= 0.3 is 23.6 Å². The number of fused-ring (bicyclic) bond motifs is 14. The van der Waals surface area contributed by atoms with Gasteiger partial charge in [-0.1, -0.05) is 59.6 Å². The minimum atomic E-state index is -3.95. The Morgan fingerprint density at radius 2 is 0.993 bits per heavy atom. The van der Waals surface area contributed by atoms with E-state index in [0.29, 0.717) is 72.8 Å². The molecule has 32 nitrogen and oxygen atoms in total. The number of carboxylic acid groups (broad SMARTS) is 2. The molecule has 708 valence electrons. The molecule has 0 atom stereocenters. The Bertz CT molecular complexity index is 9330. The predicted octanol–water partition coefficient (Wildman–Crippen LogP) is 17.7. The third-order valence-corrected chi connectivity index (χ3v) is 25.2. The molecular weight excluding hydrogens is 1900 g/mol. The van der Waals surface area contributed by atoms with Gasteiger partial charge in [0.1, 0.15) is 85.3 Å². The maximum absolute atomic E-state index is 15.1. The van der Waals surface area contributed by atoms with Crippen molar-refractivity contribution in [3.63, 3.8) is 0 Å². The molecule has 1 aliphatic rings. The van der Waals surface area contributed by atoms with E-state index < -0.39 is 96.8 Å². The van der Waals surface area contributed by atoms with Crippen molar-refractivity contribution < 1.29 is 87.3 Å². The molecule has 11 N–H and O–H groups in total. The highest BCUT2D eigenvalue weighted by Gasteiger charge is 2.37. The average Bonchev–Trinajstić information content (AvgIpc) is 1.58. The summed E-state index contributed by atoms with van der Waals surface area (Å²) >= 11 is 12.9. The predicted molar refractivity (Wildman–Crippen MR) is 516 cm³/mol. The van der Waals surface area contributed by atoms with Gasteiger partial charge in [-0.25, -0.2) is 59.3 Å². The molecule has 0 fully saturated rings. The van der Waals surface area contributed by atoms with Crippen LogP contribution in [0.5, 0.6) is 5.75 Å². The fraction of sp³-hybridized carbons (Fsp3) is 0.0990. The van der Waals surface area contributed by atoms with Crippen LogP contribution in [0.15, 0.2) is 257 Å². The molecule has 0 saturated carbocycles. The maximum atomic E-state index is 15.1. The first-order chi connectivity index (χ1) is 67.7. The number of esters is 1. The molecule has 22 rings (SSSR count). The van der Waals surface area contributed by atoms with Gasteiger partial charge in [-0.3, -0.25) is 28.8 Å². The van der Waals surface area contributed by atoms with Crippen LogP contribution in [-0.2, 0) is 47.4 Å². The van der Waals surface area contributed by atoms with Crippen LogP contribution >= 0.6 is 23.2 Å². The molecule has 0 unspecified atom stereocenters. The number of carboxylic acids is 2. The normalized spacial score (nSPS) is 11.9. The van der Waals surface area contributed by atoms with Crippen LogP contribution in [0.1, 0.15) is 92.8 Å². The number of benzene rings is 8. The van der Waals surface area contributed by atoms with Crippen LogP contribution < -0.4 is 43.1 Å². The third kappa shape index (κ3) is 16.8. The number of nitrogens with two attached hydrogens (primary N) is 1. The number of pyridine rings is 5. The summed E-state index contributed by atoms with van der Waals surface area (Å²) in [5.74, 6) is -7.13. The largest absolute Gasteiger partial charge is 0.492 e. The highest BCUT2D eigenvalue weighted by atomic mass is 35.5. The van der Waals surface area contributed by atoms with Gasteiger partial charge in [0.05, 0.1) is 145 Å². The summed E-state index contributed by atoms with van der Waals surface area (Å²) in [6.07, 6.45) is 9.59. The molecular formula is C101H70Cl2F5N13O19S. The van der Waals surface area contributed by atoms with Crippen molar-refractivity contribution in [1.29, 1.82) is 0 Å². The maximum Gasteiger partial charge on any atom is 0.355 e. The summed E-state index contributed by atoms with van der Waals surface area (Å²) in [7, 11) is -3.95. The first-order valence-corrected chi connectivity index (χ1v) is 45.5. The lowest BCUT2D eigenvalue weighted by Crippen LogP contribution is -2.32. The number of aryl methyl sites for hydroxylation is 1. The van der Waals surface area contributed by atoms with Crippen molar-refractivity contribution in [2.75, 3.05) is 19.5 Å². The van der Waals surface area contributed by atoms with Crippen molar-refractivity contribution >= 4 is 161 Å². The van der Waals surface area contributed by atoms with Gasteiger partial charge in [0.15, 0.2) is 0 Å². The molecule has 21 aromatic rings. The molecule has 0 aliphatic carbocycles. The summed E-state index contributed by atoms with van der Waals surface area (Å²) in [6.45, 7) is 3.19. The number of imidazole rings is 1. The number of carbonyl (C=O) groups excluding carboxylic acids is 3. The number of sulfonamides is 1. The number of halogens is 7. The Balaban J connectivity index is 0.000000120. The molecule has 0 spiro atoms. The number of para-hydroxylation sites is 1. The molecule has 0 radical (unpaired) electrons. The number of hydrogen-bond acceptors (Lipinski definition) is 18. The Morgan fingerprint density at radius 3 is 1.55 bits per heavy atom. The lowest BCUT2D eigenvalue weighted by molar-refractivity contribution is 0.0514. The second-order valence-electron chi connectivity index (χ2n) is 32.6. The lowest BCUT2D eigenvalue weighted by Gasteiger charge is -2.13. The van der Waals surface area contributed by atoms with Gasteiger partial charge in [-0.15, -0.1) is 0 Å². The van der Waals surface area contributed by atoms with E-state index in [1.165, 1.54) is 122 Å². The smallest absolute Gasteiger partial charge is 0.355 e. The van der Waals surface area contributed by atoms with Crippen molar-refractivity contribution in [2.45, 2.75) is 46.4 Å². The summed E-state index contributed by atoms with van der Waals surface area (Å²) in [5, 5.41) is 24.3. The Labute approximate surface area is 796 Å². The zero-order valence-corrected chi connectivity index (χ0v) is 75.8. The zero-order valence-electron chi connectivity index (χ0n) is 73.4. The van der Waals surface area contributed by atoms with Crippen molar-refractivity contribution in [3.8, 4) is 50.3 Å². The van der Waals surface area contributed by atoms with Gasteiger partial charge in [-0.05, 0) is 165 Å². The molecule has 40 heteroatoms. The number of carbonyl (C=O) groups is 5. The topological polar surface area (TPSA) is 469 Å². The monoisotopic (exact) mass is 1970 g/mol. The summed E-state index contributed by atoms with van der Waals surface area (Å²) < 4.78 is 135. The molecule has 0 bridgehead atoms. The highest BCUT2D eigenvalue weighted by molar-refractivity contribution is 7.89. The van der Waals surface area contributed by atoms with E-state index in [1.54, 1.807) is 86.6 Å². The number of hydrogen-bond donors (Lipinski definition) is 10. The minimum Gasteiger partial charge on any atom is -0.492 e. The molecule has 2 amide bonds. The number of aromatic nitrogens is 11. The number of aromatic carboxylic acids is 2. The Morgan fingerprint density at radius 1 is 0.504 bits per heavy atom. The standard InChI is InChI=1S/C26H17ClFN3O4.C26H19F2N3O5.C25H20FN3O5S.C24H14ClFN4O5/c27-24-14(10-13-4-1-2-6-18(13)30-24)12-31-19-11-17(28)15-7-9-35-23(15)21(19)20(22(31)26(33)34)16-5-3-8-29-25(16)32;1-2-35-26(34)22-20(16-4-3-8-30-25(16)33)21-19(11-18(28)15-7-9-36-23(15)21)31(22)12-14-10-13(24(29)32)5-6-17(14)27;1-14-12-15-9-10-19-21(23(15)34-14)20(17-7-5-11-27-24(17)30)22(25(31)28-35(2,32)33)29(19)13-16-6-3-4-8-18(16)26;25-13-7-16-15(28-24(34)29-16)6-10(13)9-30-17-8-14(26)11-3-5-35-21(11)19(17)18(20(30)23(32)33)12-2-1-4-27-22(12)31/h1-6,8,10-11H,7,9,12H2,(H,29,32)(H,33,34);3-11H,2,12H2,1H3,(H2,29,32)(H,30,33);3-12H,13H2,1-2H3,(H,27,30)(H,28,31);1-8H,9H2,(H,27,31)(H,32,33)(H2,28,29,34). The van der Waals surface area contributed by atoms with Crippen molar-refractivity contribution in [1.82, 2.24) is 57.9 Å². The van der Waals surface area contributed by atoms with E-state index in [9.17, 15) is 75.4 Å². The molecule has 14 heterocycles. The molecule has 1 aliphatic heterocycles. The van der Waals surface area contributed by atoms with E-state index in [1.807, 2.05) is 41.1 Å². The van der Waals surface area contributed by atoms with Gasteiger partial charge in [0.2, 0.25) is 15.9 Å². The number of nitrogens with zero attached hydrogens (tertiary/aromatic N) is 5. The van der Waals surface area contributed by atoms with Crippen LogP contribution in [0.2, 0.25) is 10.2 Å². The fourth-order valence-electron chi connectivity index (χ4n) is 18.1. The first-order valence-electron chi connectivity index (χ1n) is 42.9. The minimum absolute atomic E-state index is 0.00222. The van der Waals surface area contributed by atoms with Crippen LogP contribution in [-0.4, -0.2) is 121 Å². The third-order valence-electron chi connectivity index (χ3n) is 24.0. The molecule has 141 heavy (non-hydrogen) atoms. The first kappa shape index (κ1) is 92.4. The fourth-order valence-corrected chi connectivity index (χ4v) is 19.0.